The third-order valence-corrected chi connectivity index (χ3v) is 2.92. The molecule has 1 aliphatic carbocycles. The topological polar surface area (TPSA) is 35.8 Å². The third kappa shape index (κ3) is 1.99. The smallest absolute Gasteiger partial charge is 0.183 e. The van der Waals surface area contributed by atoms with Crippen molar-refractivity contribution in [1.29, 1.82) is 5.26 Å². The molecule has 16 heavy (non-hydrogen) atoms. The van der Waals surface area contributed by atoms with Crippen LogP contribution in [0.25, 0.3) is 0 Å². The summed E-state index contributed by atoms with van der Waals surface area (Å²) in [5.74, 6) is -1.49. The van der Waals surface area contributed by atoms with Crippen molar-refractivity contribution in [2.75, 3.05) is 5.32 Å². The van der Waals surface area contributed by atoms with Crippen molar-refractivity contribution in [1.82, 2.24) is 0 Å². The molecule has 1 N–H and O–H groups in total. The standard InChI is InChI=1S/C12H12F2N2/c1-7(8-2-3-8)16-10-5-4-9(6-15)11(13)12(10)14/h4-5,7-8,16H,2-3H2,1H3. The molecular formula is C12H12F2N2. The van der Waals surface area contributed by atoms with Crippen LogP contribution in [0.5, 0.6) is 0 Å². The third-order valence-electron chi connectivity index (χ3n) is 2.92. The normalized spacial score (nSPS) is 16.6. The first-order valence-corrected chi connectivity index (χ1v) is 5.28. The predicted octanol–water partition coefficient (Wildman–Crippen LogP) is 3.05. The minimum absolute atomic E-state index is 0.135. The fourth-order valence-electron chi connectivity index (χ4n) is 1.71. The van der Waals surface area contributed by atoms with Crippen molar-refractivity contribution >= 4 is 5.69 Å². The number of nitriles is 1. The van der Waals surface area contributed by atoms with E-state index in [2.05, 4.69) is 5.32 Å². The van der Waals surface area contributed by atoms with Crippen molar-refractivity contribution in [3.8, 4) is 6.07 Å². The zero-order chi connectivity index (χ0) is 11.7. The first-order chi connectivity index (χ1) is 7.63. The van der Waals surface area contributed by atoms with Gasteiger partial charge in [-0.1, -0.05) is 0 Å². The van der Waals surface area contributed by atoms with E-state index in [1.807, 2.05) is 6.92 Å². The van der Waals surface area contributed by atoms with Gasteiger partial charge in [-0.2, -0.15) is 5.26 Å². The van der Waals surface area contributed by atoms with Gasteiger partial charge in [0.25, 0.3) is 0 Å². The van der Waals surface area contributed by atoms with Crippen LogP contribution >= 0.6 is 0 Å². The molecule has 84 valence electrons. The number of anilines is 1. The van der Waals surface area contributed by atoms with Crippen LogP contribution in [0, 0.1) is 28.9 Å². The van der Waals surface area contributed by atoms with Crippen LogP contribution in [0.3, 0.4) is 0 Å². The molecule has 0 amide bonds. The van der Waals surface area contributed by atoms with Crippen LogP contribution in [-0.4, -0.2) is 6.04 Å². The van der Waals surface area contributed by atoms with Crippen LogP contribution in [0.2, 0.25) is 0 Å². The second-order valence-corrected chi connectivity index (χ2v) is 4.17. The van der Waals surface area contributed by atoms with Gasteiger partial charge in [0.15, 0.2) is 11.6 Å². The quantitative estimate of drug-likeness (QED) is 0.853. The highest BCUT2D eigenvalue weighted by Gasteiger charge is 2.28. The number of benzene rings is 1. The summed E-state index contributed by atoms with van der Waals surface area (Å²) in [6, 6.07) is 4.45. The Labute approximate surface area is 92.9 Å². The summed E-state index contributed by atoms with van der Waals surface area (Å²) >= 11 is 0. The second kappa shape index (κ2) is 4.09. The van der Waals surface area contributed by atoms with E-state index in [1.54, 1.807) is 6.07 Å². The molecule has 0 radical (unpaired) electrons. The molecule has 1 aliphatic rings. The van der Waals surface area contributed by atoms with E-state index in [0.29, 0.717) is 5.92 Å². The Kier molecular flexibility index (Phi) is 2.78. The maximum atomic E-state index is 13.5. The van der Waals surface area contributed by atoms with E-state index < -0.39 is 11.6 Å². The summed E-state index contributed by atoms with van der Waals surface area (Å²) in [5, 5.41) is 11.5. The molecule has 2 nitrogen and oxygen atoms in total. The summed E-state index contributed by atoms with van der Waals surface area (Å²) in [5.41, 5.74) is -0.127. The first kappa shape index (κ1) is 10.9. The van der Waals surface area contributed by atoms with E-state index in [1.165, 1.54) is 12.1 Å². The van der Waals surface area contributed by atoms with Crippen molar-refractivity contribution in [3.05, 3.63) is 29.3 Å². The summed E-state index contributed by atoms with van der Waals surface area (Å²) in [6.45, 7) is 1.95. The molecule has 1 aromatic carbocycles. The SMILES string of the molecule is CC(Nc1ccc(C#N)c(F)c1F)C1CC1. The Morgan fingerprint density at radius 1 is 1.38 bits per heavy atom. The molecule has 1 saturated carbocycles. The Balaban J connectivity index is 2.21. The van der Waals surface area contributed by atoms with E-state index in [4.69, 9.17) is 5.26 Å². The van der Waals surface area contributed by atoms with Gasteiger partial charge >= 0.3 is 0 Å². The zero-order valence-electron chi connectivity index (χ0n) is 8.93. The van der Waals surface area contributed by atoms with E-state index in [9.17, 15) is 8.78 Å². The summed E-state index contributed by atoms with van der Waals surface area (Å²) in [6.07, 6.45) is 2.27. The van der Waals surface area contributed by atoms with Gasteiger partial charge in [0.1, 0.15) is 6.07 Å². The van der Waals surface area contributed by atoms with Crippen LogP contribution in [0.4, 0.5) is 14.5 Å². The van der Waals surface area contributed by atoms with Gasteiger partial charge in [-0.15, -0.1) is 0 Å². The molecule has 0 aromatic heterocycles. The lowest BCUT2D eigenvalue weighted by molar-refractivity contribution is 0.506. The van der Waals surface area contributed by atoms with E-state index in [-0.39, 0.29) is 17.3 Å². The van der Waals surface area contributed by atoms with Crippen molar-refractivity contribution < 1.29 is 8.78 Å². The number of rotatable bonds is 3. The molecule has 0 bridgehead atoms. The fourth-order valence-corrected chi connectivity index (χ4v) is 1.71. The summed E-state index contributed by atoms with van der Waals surface area (Å²) in [7, 11) is 0. The van der Waals surface area contributed by atoms with Crippen molar-refractivity contribution in [2.24, 2.45) is 5.92 Å². The number of halogens is 2. The maximum absolute atomic E-state index is 13.5. The molecule has 1 atom stereocenters. The molecule has 4 heteroatoms. The van der Waals surface area contributed by atoms with Crippen molar-refractivity contribution in [2.45, 2.75) is 25.8 Å². The second-order valence-electron chi connectivity index (χ2n) is 4.17. The summed E-state index contributed by atoms with van der Waals surface area (Å²) in [4.78, 5) is 0. The highest BCUT2D eigenvalue weighted by atomic mass is 19.2. The van der Waals surface area contributed by atoms with Gasteiger partial charge < -0.3 is 5.32 Å². The minimum atomic E-state index is -1.07. The maximum Gasteiger partial charge on any atom is 0.183 e. The molecule has 1 aromatic rings. The average Bonchev–Trinajstić information content (AvgIpc) is 3.09. The minimum Gasteiger partial charge on any atom is -0.380 e. The predicted molar refractivity (Wildman–Crippen MR) is 56.9 cm³/mol. The number of hydrogen-bond donors (Lipinski definition) is 1. The van der Waals surface area contributed by atoms with Gasteiger partial charge in [-0.05, 0) is 37.8 Å². The number of hydrogen-bond acceptors (Lipinski definition) is 2. The van der Waals surface area contributed by atoms with Gasteiger partial charge in [0, 0.05) is 6.04 Å². The van der Waals surface area contributed by atoms with Crippen LogP contribution in [-0.2, 0) is 0 Å². The lowest BCUT2D eigenvalue weighted by Gasteiger charge is -2.15. The average molecular weight is 222 g/mol. The fraction of sp³-hybridized carbons (Fsp3) is 0.417. The number of nitrogens with zero attached hydrogens (tertiary/aromatic N) is 1. The lowest BCUT2D eigenvalue weighted by Crippen LogP contribution is -2.18. The van der Waals surface area contributed by atoms with E-state index >= 15 is 0 Å². The molecule has 0 aliphatic heterocycles. The van der Waals surface area contributed by atoms with Gasteiger partial charge in [-0.3, -0.25) is 0 Å². The monoisotopic (exact) mass is 222 g/mol. The van der Waals surface area contributed by atoms with Crippen molar-refractivity contribution in [3.63, 3.8) is 0 Å². The molecule has 0 heterocycles. The van der Waals surface area contributed by atoms with E-state index in [0.717, 1.165) is 12.8 Å². The van der Waals surface area contributed by atoms with Crippen LogP contribution in [0.15, 0.2) is 12.1 Å². The van der Waals surface area contributed by atoms with Gasteiger partial charge in [0.2, 0.25) is 0 Å². The molecule has 2 rings (SSSR count). The first-order valence-electron chi connectivity index (χ1n) is 5.28. The Bertz CT molecular complexity index is 447. The highest BCUT2D eigenvalue weighted by molar-refractivity contribution is 5.50. The van der Waals surface area contributed by atoms with Gasteiger partial charge in [-0.25, -0.2) is 8.78 Å². The molecular weight excluding hydrogens is 210 g/mol. The molecule has 1 fully saturated rings. The Morgan fingerprint density at radius 3 is 2.62 bits per heavy atom. The van der Waals surface area contributed by atoms with Gasteiger partial charge in [0.05, 0.1) is 11.3 Å². The zero-order valence-corrected chi connectivity index (χ0v) is 8.93. The molecule has 0 saturated heterocycles. The summed E-state index contributed by atoms with van der Waals surface area (Å²) < 4.78 is 26.8. The number of nitrogens with one attached hydrogen (secondary N) is 1. The molecule has 1 unspecified atom stereocenters. The molecule has 0 spiro atoms. The lowest BCUT2D eigenvalue weighted by atomic mass is 10.1. The highest BCUT2D eigenvalue weighted by Crippen LogP contribution is 2.34. The van der Waals surface area contributed by atoms with Crippen LogP contribution in [0.1, 0.15) is 25.3 Å². The Hall–Kier alpha value is -1.63. The Morgan fingerprint density at radius 2 is 2.06 bits per heavy atom. The van der Waals surface area contributed by atoms with Crippen LogP contribution < -0.4 is 5.32 Å². The largest absolute Gasteiger partial charge is 0.380 e.